The molecule has 1 aliphatic heterocycles. The predicted molar refractivity (Wildman–Crippen MR) is 71.9 cm³/mol. The lowest BCUT2D eigenvalue weighted by molar-refractivity contribution is 0.0237. The Bertz CT molecular complexity index is 425. The average molecular weight is 316 g/mol. The molecule has 0 spiro atoms. The van der Waals surface area contributed by atoms with Gasteiger partial charge in [-0.1, -0.05) is 0 Å². The third-order valence-corrected chi connectivity index (χ3v) is 3.50. The number of halogens is 1. The fourth-order valence-corrected chi connectivity index (χ4v) is 2.54. The van der Waals surface area contributed by atoms with E-state index in [1.165, 1.54) is 0 Å². The second-order valence-corrected chi connectivity index (χ2v) is 5.56. The molecular weight excluding hydrogens is 298 g/mol. The predicted octanol–water partition coefficient (Wildman–Crippen LogP) is 1.79. The van der Waals surface area contributed by atoms with Gasteiger partial charge >= 0.3 is 0 Å². The summed E-state index contributed by atoms with van der Waals surface area (Å²) in [4.78, 5) is 12.3. The van der Waals surface area contributed by atoms with E-state index in [9.17, 15) is 4.79 Å². The monoisotopic (exact) mass is 315 g/mol. The molecule has 18 heavy (non-hydrogen) atoms. The molecule has 1 unspecified atom stereocenters. The molecule has 1 aliphatic rings. The largest absolute Gasteiger partial charge is 0.375 e. The molecule has 1 aromatic rings. The number of carbonyl (C=O) groups excluding carboxylic acids is 1. The minimum Gasteiger partial charge on any atom is -0.375 e. The van der Waals surface area contributed by atoms with Crippen LogP contribution in [-0.4, -0.2) is 41.4 Å². The van der Waals surface area contributed by atoms with Crippen molar-refractivity contribution in [3.05, 3.63) is 16.4 Å². The minimum absolute atomic E-state index is 0.0336. The Morgan fingerprint density at radius 2 is 2.50 bits per heavy atom. The molecule has 1 fully saturated rings. The second-order valence-electron chi connectivity index (χ2n) is 4.70. The van der Waals surface area contributed by atoms with Gasteiger partial charge in [0.05, 0.1) is 23.4 Å². The number of hydrogen-bond donors (Lipinski definition) is 1. The van der Waals surface area contributed by atoms with Gasteiger partial charge in [0.1, 0.15) is 5.69 Å². The van der Waals surface area contributed by atoms with Crippen LogP contribution in [0.25, 0.3) is 0 Å². The van der Waals surface area contributed by atoms with Crippen molar-refractivity contribution in [3.8, 4) is 0 Å². The fourth-order valence-electron chi connectivity index (χ4n) is 2.05. The summed E-state index contributed by atoms with van der Waals surface area (Å²) in [6.07, 6.45) is 2.03. The first-order chi connectivity index (χ1) is 8.59. The van der Waals surface area contributed by atoms with Gasteiger partial charge in [-0.2, -0.15) is 5.10 Å². The van der Waals surface area contributed by atoms with Crippen molar-refractivity contribution in [3.63, 3.8) is 0 Å². The van der Waals surface area contributed by atoms with E-state index >= 15 is 0 Å². The summed E-state index contributed by atoms with van der Waals surface area (Å²) >= 11 is 3.39. The molecule has 1 aromatic heterocycles. The van der Waals surface area contributed by atoms with Gasteiger partial charge in [0.25, 0.3) is 0 Å². The van der Waals surface area contributed by atoms with Crippen LogP contribution in [0.5, 0.6) is 0 Å². The molecule has 0 bridgehead atoms. The first-order valence-corrected chi connectivity index (χ1v) is 6.97. The normalized spacial score (nSPS) is 20.3. The molecule has 2 heterocycles. The molecule has 0 radical (unpaired) electrons. The Morgan fingerprint density at radius 3 is 3.11 bits per heavy atom. The van der Waals surface area contributed by atoms with E-state index in [4.69, 9.17) is 4.74 Å². The van der Waals surface area contributed by atoms with Gasteiger partial charge in [-0.15, -0.1) is 0 Å². The van der Waals surface area contributed by atoms with E-state index in [-0.39, 0.29) is 17.9 Å². The number of nitrogens with one attached hydrogen (secondary N) is 1. The number of morpholine rings is 1. The van der Waals surface area contributed by atoms with Crippen LogP contribution in [-0.2, 0) is 4.74 Å². The van der Waals surface area contributed by atoms with Gasteiger partial charge in [-0.25, -0.2) is 0 Å². The number of rotatable bonds is 4. The highest BCUT2D eigenvalue weighted by atomic mass is 79.9. The van der Waals surface area contributed by atoms with E-state index in [0.717, 1.165) is 17.6 Å². The van der Waals surface area contributed by atoms with Crippen molar-refractivity contribution >= 4 is 21.7 Å². The number of carbonyl (C=O) groups is 1. The summed E-state index contributed by atoms with van der Waals surface area (Å²) < 4.78 is 8.07. The Hall–Kier alpha value is -0.720. The second kappa shape index (κ2) is 5.95. The van der Waals surface area contributed by atoms with Crippen molar-refractivity contribution in [2.75, 3.05) is 19.7 Å². The molecule has 5 nitrogen and oxygen atoms in total. The Morgan fingerprint density at radius 1 is 1.72 bits per heavy atom. The van der Waals surface area contributed by atoms with Crippen molar-refractivity contribution < 1.29 is 9.53 Å². The number of ketones is 1. The third kappa shape index (κ3) is 2.99. The summed E-state index contributed by atoms with van der Waals surface area (Å²) in [5, 5.41) is 7.45. The third-order valence-electron chi connectivity index (χ3n) is 2.92. The van der Waals surface area contributed by atoms with Crippen LogP contribution < -0.4 is 5.32 Å². The zero-order valence-electron chi connectivity index (χ0n) is 10.6. The fraction of sp³-hybridized carbons (Fsp3) is 0.667. The van der Waals surface area contributed by atoms with Crippen LogP contribution in [0.1, 0.15) is 36.8 Å². The van der Waals surface area contributed by atoms with Crippen LogP contribution in [0.15, 0.2) is 10.7 Å². The van der Waals surface area contributed by atoms with Crippen LogP contribution in [0.4, 0.5) is 0 Å². The first-order valence-electron chi connectivity index (χ1n) is 6.18. The van der Waals surface area contributed by atoms with Crippen molar-refractivity contribution in [2.45, 2.75) is 32.4 Å². The number of hydrogen-bond acceptors (Lipinski definition) is 4. The Balaban J connectivity index is 2.10. The van der Waals surface area contributed by atoms with Gasteiger partial charge in [0.15, 0.2) is 5.78 Å². The molecule has 1 atom stereocenters. The summed E-state index contributed by atoms with van der Waals surface area (Å²) in [6.45, 7) is 6.28. The van der Waals surface area contributed by atoms with Crippen LogP contribution in [0.2, 0.25) is 0 Å². The number of Topliss-reactive ketones (excluding diaryl/α,β-unsaturated/α-hetero) is 1. The average Bonchev–Trinajstić information content (AvgIpc) is 2.72. The standard InChI is InChI=1S/C12H18BrN3O2/c1-8(2)16-12(10(13)7-15-16)11(17)5-9-6-14-3-4-18-9/h7-9,14H,3-6H2,1-2H3. The number of ether oxygens (including phenoxy) is 1. The van der Waals surface area contributed by atoms with E-state index in [0.29, 0.717) is 18.7 Å². The number of nitrogens with zero attached hydrogens (tertiary/aromatic N) is 2. The maximum atomic E-state index is 12.3. The molecule has 6 heteroatoms. The van der Waals surface area contributed by atoms with Crippen molar-refractivity contribution in [1.82, 2.24) is 15.1 Å². The quantitative estimate of drug-likeness (QED) is 0.861. The van der Waals surface area contributed by atoms with Gasteiger partial charge < -0.3 is 10.1 Å². The molecule has 0 saturated carbocycles. The van der Waals surface area contributed by atoms with E-state index in [2.05, 4.69) is 26.3 Å². The lowest BCUT2D eigenvalue weighted by Gasteiger charge is -2.23. The molecule has 1 saturated heterocycles. The lowest BCUT2D eigenvalue weighted by atomic mass is 10.1. The van der Waals surface area contributed by atoms with Crippen LogP contribution in [0, 0.1) is 0 Å². The van der Waals surface area contributed by atoms with Crippen LogP contribution >= 0.6 is 15.9 Å². The Labute approximate surface area is 115 Å². The molecule has 1 N–H and O–H groups in total. The first kappa shape index (κ1) is 13.7. The zero-order chi connectivity index (χ0) is 13.1. The van der Waals surface area contributed by atoms with Crippen LogP contribution in [0.3, 0.4) is 0 Å². The molecule has 0 amide bonds. The summed E-state index contributed by atoms with van der Waals surface area (Å²) in [7, 11) is 0. The number of aromatic nitrogens is 2. The highest BCUT2D eigenvalue weighted by Gasteiger charge is 2.23. The molecular formula is C12H18BrN3O2. The van der Waals surface area contributed by atoms with Crippen molar-refractivity contribution in [2.24, 2.45) is 0 Å². The van der Waals surface area contributed by atoms with Gasteiger partial charge in [-0.05, 0) is 29.8 Å². The SMILES string of the molecule is CC(C)n1ncc(Br)c1C(=O)CC1CNCCO1. The summed E-state index contributed by atoms with van der Waals surface area (Å²) in [5.74, 6) is 0.0711. The highest BCUT2D eigenvalue weighted by Crippen LogP contribution is 2.22. The highest BCUT2D eigenvalue weighted by molar-refractivity contribution is 9.10. The summed E-state index contributed by atoms with van der Waals surface area (Å²) in [5.41, 5.74) is 0.638. The summed E-state index contributed by atoms with van der Waals surface area (Å²) in [6, 6.07) is 0.167. The molecule has 0 aromatic carbocycles. The molecule has 0 aliphatic carbocycles. The van der Waals surface area contributed by atoms with Gasteiger partial charge in [0, 0.05) is 25.6 Å². The van der Waals surface area contributed by atoms with E-state index in [1.54, 1.807) is 10.9 Å². The molecule has 2 rings (SSSR count). The smallest absolute Gasteiger partial charge is 0.184 e. The topological polar surface area (TPSA) is 56.2 Å². The van der Waals surface area contributed by atoms with Gasteiger partial charge in [-0.3, -0.25) is 9.48 Å². The van der Waals surface area contributed by atoms with E-state index in [1.807, 2.05) is 13.8 Å². The Kier molecular flexibility index (Phi) is 4.53. The van der Waals surface area contributed by atoms with Crippen molar-refractivity contribution in [1.29, 1.82) is 0 Å². The zero-order valence-corrected chi connectivity index (χ0v) is 12.2. The van der Waals surface area contributed by atoms with E-state index < -0.39 is 0 Å². The lowest BCUT2D eigenvalue weighted by Crippen LogP contribution is -2.39. The molecule has 100 valence electrons. The maximum Gasteiger partial charge on any atom is 0.184 e. The minimum atomic E-state index is -0.0336. The maximum absolute atomic E-state index is 12.3. The van der Waals surface area contributed by atoms with Gasteiger partial charge in [0.2, 0.25) is 0 Å².